The predicted octanol–water partition coefficient (Wildman–Crippen LogP) is 4.53. The van der Waals surface area contributed by atoms with Gasteiger partial charge in [-0.1, -0.05) is 12.1 Å². The third kappa shape index (κ3) is 5.29. The fourth-order valence-corrected chi connectivity index (χ4v) is 3.64. The number of Topliss-reactive ketones (excluding diaryl/α,β-unsaturated/α-hetero) is 1. The normalized spacial score (nSPS) is 11.9. The summed E-state index contributed by atoms with van der Waals surface area (Å²) in [6.45, 7) is 0. The van der Waals surface area contributed by atoms with Gasteiger partial charge in [-0.2, -0.15) is 0 Å². The Labute approximate surface area is 164 Å². The van der Waals surface area contributed by atoms with Crippen LogP contribution in [0.3, 0.4) is 0 Å². The van der Waals surface area contributed by atoms with Gasteiger partial charge in [-0.05, 0) is 48.4 Å². The summed E-state index contributed by atoms with van der Waals surface area (Å²) < 4.78 is 26.0. The highest BCUT2D eigenvalue weighted by Gasteiger charge is 2.22. The van der Waals surface area contributed by atoms with Crippen LogP contribution in [0.5, 0.6) is 0 Å². The lowest BCUT2D eigenvalue weighted by Crippen LogP contribution is -2.21. The van der Waals surface area contributed by atoms with Crippen molar-refractivity contribution in [3.63, 3.8) is 0 Å². The van der Waals surface area contributed by atoms with Crippen molar-refractivity contribution in [3.8, 4) is 10.6 Å². The highest BCUT2D eigenvalue weighted by molar-refractivity contribution is 7.13. The van der Waals surface area contributed by atoms with Gasteiger partial charge in [-0.15, -0.1) is 11.3 Å². The molecule has 0 amide bonds. The number of carbonyl (C=O) groups is 2. The molecule has 0 aliphatic carbocycles. The first kappa shape index (κ1) is 19.8. The third-order valence-corrected chi connectivity index (χ3v) is 5.18. The van der Waals surface area contributed by atoms with E-state index in [-0.39, 0.29) is 30.9 Å². The molecule has 0 saturated carbocycles. The number of ketones is 1. The zero-order valence-electron chi connectivity index (χ0n) is 14.8. The number of carbonyl (C=O) groups excluding carboxylic acids is 1. The first-order valence-corrected chi connectivity index (χ1v) is 9.48. The number of aliphatic carboxylic acids is 1. The minimum absolute atomic E-state index is 0.0326. The molecule has 0 saturated heterocycles. The molecule has 2 aromatic carbocycles. The maximum absolute atomic E-state index is 13.0. The van der Waals surface area contributed by atoms with Crippen molar-refractivity contribution in [2.45, 2.75) is 19.3 Å². The molecule has 144 valence electrons. The Hall–Kier alpha value is -2.93. The van der Waals surface area contributed by atoms with Crippen molar-refractivity contribution in [1.82, 2.24) is 4.98 Å². The lowest BCUT2D eigenvalue weighted by Gasteiger charge is -2.11. The summed E-state index contributed by atoms with van der Waals surface area (Å²) in [6, 6.07) is 11.5. The first-order chi connectivity index (χ1) is 13.4. The Balaban J connectivity index is 1.62. The van der Waals surface area contributed by atoms with Gasteiger partial charge >= 0.3 is 5.97 Å². The Morgan fingerprint density at radius 3 is 2.21 bits per heavy atom. The fourth-order valence-electron chi connectivity index (χ4n) is 2.81. The van der Waals surface area contributed by atoms with E-state index in [1.54, 1.807) is 17.5 Å². The number of benzene rings is 2. The molecule has 28 heavy (non-hydrogen) atoms. The highest BCUT2D eigenvalue weighted by Crippen LogP contribution is 2.24. The SMILES string of the molecule is O=C(Cc1csc(-c2ccc(F)cc2)n1)CC(Cc1ccc(F)cc1)C(=O)O. The summed E-state index contributed by atoms with van der Waals surface area (Å²) in [5.41, 5.74) is 1.97. The van der Waals surface area contributed by atoms with E-state index >= 15 is 0 Å². The number of hydrogen-bond donors (Lipinski definition) is 1. The second-order valence-corrected chi connectivity index (χ2v) is 7.29. The molecule has 1 unspecified atom stereocenters. The molecule has 1 atom stereocenters. The van der Waals surface area contributed by atoms with E-state index in [1.807, 2.05) is 0 Å². The number of nitrogens with zero attached hydrogens (tertiary/aromatic N) is 1. The van der Waals surface area contributed by atoms with Crippen LogP contribution in [0.15, 0.2) is 53.9 Å². The summed E-state index contributed by atoms with van der Waals surface area (Å²) in [4.78, 5) is 28.2. The molecule has 0 radical (unpaired) electrons. The van der Waals surface area contributed by atoms with Crippen LogP contribution < -0.4 is 0 Å². The van der Waals surface area contributed by atoms with E-state index in [2.05, 4.69) is 4.98 Å². The van der Waals surface area contributed by atoms with E-state index in [4.69, 9.17) is 0 Å². The van der Waals surface area contributed by atoms with E-state index in [0.717, 1.165) is 5.56 Å². The van der Waals surface area contributed by atoms with E-state index in [1.165, 1.54) is 47.7 Å². The van der Waals surface area contributed by atoms with Crippen LogP contribution in [-0.2, 0) is 22.4 Å². The molecule has 0 fully saturated rings. The lowest BCUT2D eigenvalue weighted by molar-refractivity contribution is -0.143. The third-order valence-electron chi connectivity index (χ3n) is 4.24. The number of halogens is 2. The molecule has 1 heterocycles. The second kappa shape index (κ2) is 8.84. The van der Waals surface area contributed by atoms with Gasteiger partial charge in [-0.3, -0.25) is 9.59 Å². The average molecular weight is 401 g/mol. The summed E-state index contributed by atoms with van der Waals surface area (Å²) >= 11 is 1.34. The van der Waals surface area contributed by atoms with Crippen LogP contribution in [0.1, 0.15) is 17.7 Å². The zero-order chi connectivity index (χ0) is 20.1. The Morgan fingerprint density at radius 1 is 1.00 bits per heavy atom. The van der Waals surface area contributed by atoms with Crippen molar-refractivity contribution < 1.29 is 23.5 Å². The van der Waals surface area contributed by atoms with Crippen molar-refractivity contribution in [2.75, 3.05) is 0 Å². The zero-order valence-corrected chi connectivity index (χ0v) is 15.6. The molecular formula is C21H17F2NO3S. The molecule has 1 N–H and O–H groups in total. The summed E-state index contributed by atoms with van der Waals surface area (Å²) in [5, 5.41) is 11.8. The Kier molecular flexibility index (Phi) is 6.26. The quantitative estimate of drug-likeness (QED) is 0.602. The molecule has 3 rings (SSSR count). The largest absolute Gasteiger partial charge is 0.481 e. The topological polar surface area (TPSA) is 67.3 Å². The van der Waals surface area contributed by atoms with Gasteiger partial charge in [0.15, 0.2) is 0 Å². The smallest absolute Gasteiger partial charge is 0.307 e. The number of carboxylic acid groups (broad SMARTS) is 1. The van der Waals surface area contributed by atoms with Gasteiger partial charge in [0.2, 0.25) is 0 Å². The van der Waals surface area contributed by atoms with Crippen molar-refractivity contribution in [3.05, 3.63) is 76.8 Å². The van der Waals surface area contributed by atoms with Gasteiger partial charge in [0.1, 0.15) is 22.4 Å². The molecule has 1 aromatic heterocycles. The summed E-state index contributed by atoms with van der Waals surface area (Å²) in [6.07, 6.45) is 0.0558. The number of thiazole rings is 1. The maximum atomic E-state index is 13.0. The van der Waals surface area contributed by atoms with E-state index < -0.39 is 17.7 Å². The van der Waals surface area contributed by atoms with Gasteiger partial charge in [0.05, 0.1) is 11.6 Å². The number of rotatable bonds is 8. The Bertz CT molecular complexity index is 968. The van der Waals surface area contributed by atoms with Crippen LogP contribution in [0.2, 0.25) is 0 Å². The van der Waals surface area contributed by atoms with Gasteiger partial charge in [0, 0.05) is 23.8 Å². The monoisotopic (exact) mass is 401 g/mol. The predicted molar refractivity (Wildman–Crippen MR) is 102 cm³/mol. The molecule has 0 aliphatic rings. The summed E-state index contributed by atoms with van der Waals surface area (Å²) in [7, 11) is 0. The standard InChI is InChI=1S/C21H17F2NO3S/c22-16-5-1-13(2-6-16)9-15(21(26)27)10-19(25)11-18-12-28-20(24-18)14-3-7-17(23)8-4-14/h1-8,12,15H,9-11H2,(H,26,27). The average Bonchev–Trinajstić information content (AvgIpc) is 3.11. The van der Waals surface area contributed by atoms with Gasteiger partial charge in [-0.25, -0.2) is 13.8 Å². The van der Waals surface area contributed by atoms with Crippen LogP contribution >= 0.6 is 11.3 Å². The highest BCUT2D eigenvalue weighted by atomic mass is 32.1. The van der Waals surface area contributed by atoms with Gasteiger partial charge < -0.3 is 5.11 Å². The van der Waals surface area contributed by atoms with Crippen LogP contribution in [0, 0.1) is 17.6 Å². The number of carboxylic acids is 1. The maximum Gasteiger partial charge on any atom is 0.307 e. The molecule has 4 nitrogen and oxygen atoms in total. The molecule has 7 heteroatoms. The Morgan fingerprint density at radius 2 is 1.61 bits per heavy atom. The fraction of sp³-hybridized carbons (Fsp3) is 0.190. The van der Waals surface area contributed by atoms with Gasteiger partial charge in [0.25, 0.3) is 0 Å². The number of aromatic nitrogens is 1. The molecule has 0 spiro atoms. The minimum Gasteiger partial charge on any atom is -0.481 e. The van der Waals surface area contributed by atoms with Crippen LogP contribution in [0.25, 0.3) is 10.6 Å². The molecule has 0 bridgehead atoms. The van der Waals surface area contributed by atoms with Crippen molar-refractivity contribution >= 4 is 23.1 Å². The van der Waals surface area contributed by atoms with E-state index in [9.17, 15) is 23.5 Å². The molecule has 0 aliphatic heterocycles. The van der Waals surface area contributed by atoms with E-state index in [0.29, 0.717) is 16.3 Å². The second-order valence-electron chi connectivity index (χ2n) is 6.44. The lowest BCUT2D eigenvalue weighted by atomic mass is 9.93. The minimum atomic E-state index is -1.07. The number of hydrogen-bond acceptors (Lipinski definition) is 4. The van der Waals surface area contributed by atoms with Crippen LogP contribution in [0.4, 0.5) is 8.78 Å². The molecular weight excluding hydrogens is 384 g/mol. The van der Waals surface area contributed by atoms with Crippen LogP contribution in [-0.4, -0.2) is 21.8 Å². The summed E-state index contributed by atoms with van der Waals surface area (Å²) in [5.74, 6) is -2.91. The van der Waals surface area contributed by atoms with Crippen molar-refractivity contribution in [2.24, 2.45) is 5.92 Å². The van der Waals surface area contributed by atoms with Crippen molar-refractivity contribution in [1.29, 1.82) is 0 Å². The molecule has 3 aromatic rings. The first-order valence-electron chi connectivity index (χ1n) is 8.60.